The second kappa shape index (κ2) is 7.69. The summed E-state index contributed by atoms with van der Waals surface area (Å²) in [4.78, 5) is 6.87. The van der Waals surface area contributed by atoms with E-state index in [-0.39, 0.29) is 11.9 Å². The standard InChI is InChI=1S/C21H28FN9/c1-13-8-16(9-14(2)31(13)17-6-7-17)26-20-19(22)11-24-21(23,27-20)15-4-3-5-18(10-15)30-12-25-28-29-30/h3-5,10-14,16-17,26-27H,6-9,23H2,1-2H3. The fourth-order valence-electron chi connectivity index (χ4n) is 4.93. The number of aromatic nitrogens is 4. The highest BCUT2D eigenvalue weighted by Gasteiger charge is 2.40. The van der Waals surface area contributed by atoms with Crippen LogP contribution in [-0.4, -0.2) is 55.5 Å². The second-order valence-electron chi connectivity index (χ2n) is 8.87. The number of rotatable bonds is 5. The molecule has 9 nitrogen and oxygen atoms in total. The summed E-state index contributed by atoms with van der Waals surface area (Å²) in [5, 5.41) is 17.7. The quantitative estimate of drug-likeness (QED) is 0.667. The molecule has 0 spiro atoms. The van der Waals surface area contributed by atoms with Crippen molar-refractivity contribution >= 4 is 6.21 Å². The van der Waals surface area contributed by atoms with Crippen LogP contribution in [0.25, 0.3) is 5.69 Å². The topological polar surface area (TPSA) is 109 Å². The highest BCUT2D eigenvalue weighted by Crippen LogP contribution is 2.36. The van der Waals surface area contributed by atoms with Crippen LogP contribution in [0.1, 0.15) is 45.1 Å². The van der Waals surface area contributed by atoms with Gasteiger partial charge in [0.25, 0.3) is 0 Å². The second-order valence-corrected chi connectivity index (χ2v) is 8.87. The number of halogens is 1. The Labute approximate surface area is 180 Å². The van der Waals surface area contributed by atoms with Gasteiger partial charge in [-0.3, -0.25) is 10.6 Å². The Balaban J connectivity index is 1.32. The largest absolute Gasteiger partial charge is 0.366 e. The van der Waals surface area contributed by atoms with Crippen LogP contribution in [0.5, 0.6) is 0 Å². The maximum absolute atomic E-state index is 14.7. The number of allylic oxidation sites excluding steroid dienone is 1. The molecular formula is C21H28FN9. The van der Waals surface area contributed by atoms with Crippen molar-refractivity contribution in [2.45, 2.75) is 69.5 Å². The monoisotopic (exact) mass is 425 g/mol. The summed E-state index contributed by atoms with van der Waals surface area (Å²) in [5.41, 5.74) is 7.98. The number of nitrogens with one attached hydrogen (secondary N) is 2. The van der Waals surface area contributed by atoms with Crippen LogP contribution in [0.3, 0.4) is 0 Å². The van der Waals surface area contributed by atoms with Crippen LogP contribution in [0.2, 0.25) is 0 Å². The van der Waals surface area contributed by atoms with Gasteiger partial charge in [-0.2, -0.15) is 0 Å². The van der Waals surface area contributed by atoms with Crippen molar-refractivity contribution in [2.24, 2.45) is 10.7 Å². The molecule has 0 radical (unpaired) electrons. The van der Waals surface area contributed by atoms with Gasteiger partial charge in [-0.05, 0) is 62.1 Å². The number of aliphatic imine (C=N–C) groups is 1. The summed E-state index contributed by atoms with van der Waals surface area (Å²) in [6.07, 6.45) is 7.21. The highest BCUT2D eigenvalue weighted by molar-refractivity contribution is 5.78. The molecule has 0 amide bonds. The first-order valence-electron chi connectivity index (χ1n) is 10.8. The first-order chi connectivity index (χ1) is 14.9. The minimum Gasteiger partial charge on any atom is -0.366 e. The summed E-state index contributed by atoms with van der Waals surface area (Å²) in [5.74, 6) is -1.45. The fourth-order valence-corrected chi connectivity index (χ4v) is 4.93. The zero-order valence-electron chi connectivity index (χ0n) is 17.7. The first kappa shape index (κ1) is 20.1. The van der Waals surface area contributed by atoms with Gasteiger partial charge < -0.3 is 10.6 Å². The normalized spacial score (nSPS) is 31.5. The average molecular weight is 426 g/mol. The van der Waals surface area contributed by atoms with Gasteiger partial charge in [0.15, 0.2) is 5.83 Å². The third-order valence-electron chi connectivity index (χ3n) is 6.42. The molecule has 31 heavy (non-hydrogen) atoms. The number of hydrogen-bond donors (Lipinski definition) is 3. The number of piperidine rings is 1. The molecule has 4 N–H and O–H groups in total. The molecule has 3 atom stereocenters. The molecule has 2 fully saturated rings. The number of nitrogens with two attached hydrogens (primary N) is 1. The van der Waals surface area contributed by atoms with Gasteiger partial charge in [-0.1, -0.05) is 12.1 Å². The van der Waals surface area contributed by atoms with E-state index < -0.39 is 11.6 Å². The van der Waals surface area contributed by atoms with Crippen LogP contribution in [0.15, 0.2) is 47.2 Å². The molecular weight excluding hydrogens is 397 g/mol. The molecule has 0 bridgehead atoms. The third kappa shape index (κ3) is 3.92. The molecule has 3 aliphatic rings. The Bertz CT molecular complexity index is 988. The molecule has 164 valence electrons. The molecule has 2 aromatic rings. The molecule has 1 aromatic heterocycles. The van der Waals surface area contributed by atoms with E-state index in [1.54, 1.807) is 0 Å². The molecule has 1 aromatic carbocycles. The number of tetrazole rings is 1. The van der Waals surface area contributed by atoms with Gasteiger partial charge in [-0.15, -0.1) is 5.10 Å². The number of benzene rings is 1. The van der Waals surface area contributed by atoms with Gasteiger partial charge >= 0.3 is 0 Å². The van der Waals surface area contributed by atoms with Gasteiger partial charge in [0.1, 0.15) is 12.1 Å². The average Bonchev–Trinajstić information content (AvgIpc) is 3.41. The van der Waals surface area contributed by atoms with Crippen molar-refractivity contribution in [3.8, 4) is 5.69 Å². The molecule has 1 saturated heterocycles. The van der Waals surface area contributed by atoms with Crippen LogP contribution in [0.4, 0.5) is 4.39 Å². The van der Waals surface area contributed by atoms with Crippen molar-refractivity contribution in [1.29, 1.82) is 0 Å². The molecule has 3 unspecified atom stereocenters. The Morgan fingerprint density at radius 2 is 2.00 bits per heavy atom. The van der Waals surface area contributed by atoms with Gasteiger partial charge in [-0.25, -0.2) is 14.1 Å². The maximum atomic E-state index is 14.7. The van der Waals surface area contributed by atoms with Crippen LogP contribution in [0, 0.1) is 0 Å². The SMILES string of the molecule is CC1CC(NC2=C(F)C=NC(N)(c3cccc(-n4cnnn4)c3)N2)CC(C)N1C1CC1. The minimum absolute atomic E-state index is 0.163. The van der Waals surface area contributed by atoms with E-state index in [1.165, 1.54) is 30.1 Å². The van der Waals surface area contributed by atoms with Crippen molar-refractivity contribution in [3.05, 3.63) is 47.8 Å². The van der Waals surface area contributed by atoms with Crippen LogP contribution >= 0.6 is 0 Å². The van der Waals surface area contributed by atoms with Crippen LogP contribution < -0.4 is 16.4 Å². The zero-order chi connectivity index (χ0) is 21.6. The molecule has 2 aliphatic heterocycles. The van der Waals surface area contributed by atoms with E-state index in [2.05, 4.69) is 49.9 Å². The van der Waals surface area contributed by atoms with E-state index >= 15 is 0 Å². The molecule has 3 heterocycles. The van der Waals surface area contributed by atoms with E-state index in [1.807, 2.05) is 24.3 Å². The lowest BCUT2D eigenvalue weighted by Crippen LogP contribution is -2.57. The minimum atomic E-state index is -1.30. The summed E-state index contributed by atoms with van der Waals surface area (Å²) < 4.78 is 16.2. The van der Waals surface area contributed by atoms with E-state index in [9.17, 15) is 4.39 Å². The Morgan fingerprint density at radius 1 is 1.23 bits per heavy atom. The molecule has 5 rings (SSSR count). The lowest BCUT2D eigenvalue weighted by Gasteiger charge is -2.44. The molecule has 10 heteroatoms. The summed E-state index contributed by atoms with van der Waals surface area (Å²) in [6.45, 7) is 4.53. The van der Waals surface area contributed by atoms with Crippen molar-refractivity contribution < 1.29 is 4.39 Å². The zero-order valence-corrected chi connectivity index (χ0v) is 17.7. The lowest BCUT2D eigenvalue weighted by atomic mass is 9.92. The number of likely N-dealkylation sites (tertiary alicyclic amines) is 1. The van der Waals surface area contributed by atoms with Crippen molar-refractivity contribution in [1.82, 2.24) is 35.7 Å². The van der Waals surface area contributed by atoms with Crippen molar-refractivity contribution in [3.63, 3.8) is 0 Å². The van der Waals surface area contributed by atoms with E-state index in [4.69, 9.17) is 5.73 Å². The Morgan fingerprint density at radius 3 is 2.68 bits per heavy atom. The summed E-state index contributed by atoms with van der Waals surface area (Å²) in [7, 11) is 0. The summed E-state index contributed by atoms with van der Waals surface area (Å²) in [6, 6.07) is 9.20. The molecule has 1 aliphatic carbocycles. The smallest absolute Gasteiger partial charge is 0.210 e. The Kier molecular flexibility index (Phi) is 4.98. The highest BCUT2D eigenvalue weighted by atomic mass is 19.1. The lowest BCUT2D eigenvalue weighted by molar-refractivity contribution is 0.0759. The van der Waals surface area contributed by atoms with E-state index in [0.29, 0.717) is 17.6 Å². The van der Waals surface area contributed by atoms with Crippen molar-refractivity contribution in [2.75, 3.05) is 0 Å². The molecule has 1 saturated carbocycles. The first-order valence-corrected chi connectivity index (χ1v) is 10.8. The number of hydrogen-bond acceptors (Lipinski definition) is 8. The third-order valence-corrected chi connectivity index (χ3v) is 6.42. The maximum Gasteiger partial charge on any atom is 0.210 e. The predicted octanol–water partition coefficient (Wildman–Crippen LogP) is 1.54. The Hall–Kier alpha value is -2.85. The van der Waals surface area contributed by atoms with E-state index in [0.717, 1.165) is 24.6 Å². The summed E-state index contributed by atoms with van der Waals surface area (Å²) >= 11 is 0. The number of nitrogens with zero attached hydrogens (tertiary/aromatic N) is 6. The van der Waals surface area contributed by atoms with Gasteiger partial charge in [0, 0.05) is 29.7 Å². The van der Waals surface area contributed by atoms with Gasteiger partial charge in [0.2, 0.25) is 5.79 Å². The van der Waals surface area contributed by atoms with Gasteiger partial charge in [0.05, 0.1) is 11.9 Å². The van der Waals surface area contributed by atoms with Crippen LogP contribution in [-0.2, 0) is 5.79 Å². The fraction of sp³-hybridized carbons (Fsp3) is 0.524. The predicted molar refractivity (Wildman–Crippen MR) is 115 cm³/mol.